The summed E-state index contributed by atoms with van der Waals surface area (Å²) < 4.78 is 0. The van der Waals surface area contributed by atoms with Crippen molar-refractivity contribution in [2.24, 2.45) is 11.1 Å². The summed E-state index contributed by atoms with van der Waals surface area (Å²) in [6.45, 7) is 7.11. The van der Waals surface area contributed by atoms with Crippen LogP contribution in [0.2, 0.25) is 0 Å². The van der Waals surface area contributed by atoms with Gasteiger partial charge in [-0.2, -0.15) is 0 Å². The average molecular weight is 269 g/mol. The number of nitrogens with two attached hydrogens (primary N) is 1. The van der Waals surface area contributed by atoms with Crippen molar-refractivity contribution in [3.8, 4) is 0 Å². The van der Waals surface area contributed by atoms with Gasteiger partial charge in [-0.1, -0.05) is 13.8 Å². The van der Waals surface area contributed by atoms with Crippen LogP contribution < -0.4 is 5.73 Å². The summed E-state index contributed by atoms with van der Waals surface area (Å²) in [6.07, 6.45) is 5.02. The summed E-state index contributed by atoms with van der Waals surface area (Å²) in [6, 6.07) is 0.547. The Hall–Kier alpha value is -0.610. The third-order valence-corrected chi connectivity index (χ3v) is 4.42. The minimum absolute atomic E-state index is 0.176. The number of carbonyl (C=O) groups excluding carboxylic acids is 1. The highest BCUT2D eigenvalue weighted by Crippen LogP contribution is 2.26. The van der Waals surface area contributed by atoms with E-state index < -0.39 is 0 Å². The smallest absolute Gasteiger partial charge is 0.222 e. The second-order valence-corrected chi connectivity index (χ2v) is 6.75. The van der Waals surface area contributed by atoms with Crippen LogP contribution in [0.1, 0.15) is 46.0 Å². The third-order valence-electron chi connectivity index (χ3n) is 4.42. The van der Waals surface area contributed by atoms with Crippen molar-refractivity contribution in [3.05, 3.63) is 0 Å². The molecule has 0 aromatic carbocycles. The first-order valence-corrected chi connectivity index (χ1v) is 7.50. The van der Waals surface area contributed by atoms with Crippen molar-refractivity contribution in [2.75, 3.05) is 33.7 Å². The molecule has 1 aliphatic heterocycles. The van der Waals surface area contributed by atoms with E-state index in [2.05, 4.69) is 25.8 Å². The fraction of sp³-hybridized carbons (Fsp3) is 0.933. The van der Waals surface area contributed by atoms with Crippen molar-refractivity contribution < 1.29 is 4.79 Å². The zero-order chi connectivity index (χ0) is 14.5. The maximum Gasteiger partial charge on any atom is 0.222 e. The number of rotatable bonds is 7. The predicted octanol–water partition coefficient (Wildman–Crippen LogP) is 1.69. The highest BCUT2D eigenvalue weighted by Gasteiger charge is 2.25. The fourth-order valence-electron chi connectivity index (χ4n) is 2.78. The Morgan fingerprint density at radius 2 is 2.11 bits per heavy atom. The standard InChI is InChI=1S/C15H31N3O/c1-15(2,9-10-16)8-7-14(19)18(4)12-13-6-5-11-17(13)3/h13H,5-12,16H2,1-4H3. The molecule has 1 amide bonds. The van der Waals surface area contributed by atoms with Gasteiger partial charge in [0.1, 0.15) is 0 Å². The lowest BCUT2D eigenvalue weighted by molar-refractivity contribution is -0.131. The molecule has 0 bridgehead atoms. The highest BCUT2D eigenvalue weighted by atomic mass is 16.2. The Balaban J connectivity index is 2.32. The summed E-state index contributed by atoms with van der Waals surface area (Å²) in [5.74, 6) is 0.269. The van der Waals surface area contributed by atoms with Crippen LogP contribution in [0.3, 0.4) is 0 Å². The first-order chi connectivity index (χ1) is 8.85. The Kier molecular flexibility index (Phi) is 6.27. The van der Waals surface area contributed by atoms with Crippen molar-refractivity contribution in [3.63, 3.8) is 0 Å². The number of amides is 1. The van der Waals surface area contributed by atoms with Crippen LogP contribution in [0.5, 0.6) is 0 Å². The summed E-state index contributed by atoms with van der Waals surface area (Å²) in [5, 5.41) is 0. The van der Waals surface area contributed by atoms with E-state index in [-0.39, 0.29) is 11.3 Å². The van der Waals surface area contributed by atoms with E-state index in [0.29, 0.717) is 19.0 Å². The number of likely N-dealkylation sites (N-methyl/N-ethyl adjacent to an activating group) is 2. The molecular formula is C15H31N3O. The second kappa shape index (κ2) is 7.25. The van der Waals surface area contributed by atoms with E-state index in [1.807, 2.05) is 11.9 Å². The van der Waals surface area contributed by atoms with Crippen LogP contribution >= 0.6 is 0 Å². The molecule has 1 saturated heterocycles. The van der Waals surface area contributed by atoms with Gasteiger partial charge in [-0.05, 0) is 51.2 Å². The molecule has 1 fully saturated rings. The molecule has 4 heteroatoms. The number of nitrogens with zero attached hydrogens (tertiary/aromatic N) is 2. The zero-order valence-corrected chi connectivity index (χ0v) is 13.1. The van der Waals surface area contributed by atoms with Crippen LogP contribution in [-0.4, -0.2) is 55.5 Å². The Bertz CT molecular complexity index is 291. The van der Waals surface area contributed by atoms with Crippen molar-refractivity contribution in [2.45, 2.75) is 52.0 Å². The van der Waals surface area contributed by atoms with E-state index in [1.165, 1.54) is 12.8 Å². The van der Waals surface area contributed by atoms with Gasteiger partial charge in [-0.15, -0.1) is 0 Å². The highest BCUT2D eigenvalue weighted by molar-refractivity contribution is 5.75. The molecule has 1 aliphatic rings. The van der Waals surface area contributed by atoms with Crippen molar-refractivity contribution in [1.29, 1.82) is 0 Å². The maximum atomic E-state index is 12.2. The van der Waals surface area contributed by atoms with E-state index in [4.69, 9.17) is 5.73 Å². The van der Waals surface area contributed by atoms with Crippen LogP contribution in [0.15, 0.2) is 0 Å². The van der Waals surface area contributed by atoms with Gasteiger partial charge in [0.25, 0.3) is 0 Å². The molecule has 0 aliphatic carbocycles. The summed E-state index contributed by atoms with van der Waals surface area (Å²) >= 11 is 0. The lowest BCUT2D eigenvalue weighted by atomic mass is 9.84. The zero-order valence-electron chi connectivity index (χ0n) is 13.1. The second-order valence-electron chi connectivity index (χ2n) is 6.75. The monoisotopic (exact) mass is 269 g/mol. The topological polar surface area (TPSA) is 49.6 Å². The summed E-state index contributed by atoms with van der Waals surface area (Å²) in [7, 11) is 4.09. The molecular weight excluding hydrogens is 238 g/mol. The molecule has 19 heavy (non-hydrogen) atoms. The van der Waals surface area contributed by atoms with Gasteiger partial charge >= 0.3 is 0 Å². The van der Waals surface area contributed by atoms with Crippen LogP contribution in [0, 0.1) is 5.41 Å². The van der Waals surface area contributed by atoms with E-state index in [1.54, 1.807) is 0 Å². The molecule has 112 valence electrons. The number of carbonyl (C=O) groups is 1. The summed E-state index contributed by atoms with van der Waals surface area (Å²) in [5.41, 5.74) is 5.78. The average Bonchev–Trinajstić information content (AvgIpc) is 2.72. The molecule has 4 nitrogen and oxygen atoms in total. The molecule has 2 N–H and O–H groups in total. The molecule has 0 saturated carbocycles. The van der Waals surface area contributed by atoms with Crippen LogP contribution in [-0.2, 0) is 4.79 Å². The Morgan fingerprint density at radius 3 is 2.63 bits per heavy atom. The Labute approximate surface area is 118 Å². The lowest BCUT2D eigenvalue weighted by Gasteiger charge is -2.28. The Morgan fingerprint density at radius 1 is 1.42 bits per heavy atom. The number of hydrogen-bond acceptors (Lipinski definition) is 3. The van der Waals surface area contributed by atoms with E-state index in [0.717, 1.165) is 25.9 Å². The van der Waals surface area contributed by atoms with Gasteiger partial charge in [0.2, 0.25) is 5.91 Å². The molecule has 0 aromatic rings. The van der Waals surface area contributed by atoms with Crippen LogP contribution in [0.4, 0.5) is 0 Å². The fourth-order valence-corrected chi connectivity index (χ4v) is 2.78. The van der Waals surface area contributed by atoms with Gasteiger partial charge in [-0.3, -0.25) is 4.79 Å². The predicted molar refractivity (Wildman–Crippen MR) is 80.0 cm³/mol. The van der Waals surface area contributed by atoms with Gasteiger partial charge in [0, 0.05) is 26.1 Å². The first-order valence-electron chi connectivity index (χ1n) is 7.50. The first kappa shape index (κ1) is 16.4. The molecule has 0 radical (unpaired) electrons. The van der Waals surface area contributed by atoms with Gasteiger partial charge in [0.05, 0.1) is 0 Å². The molecule has 1 atom stereocenters. The number of likely N-dealkylation sites (tertiary alicyclic amines) is 1. The molecule has 1 unspecified atom stereocenters. The molecule has 0 spiro atoms. The molecule has 1 rings (SSSR count). The van der Waals surface area contributed by atoms with Crippen LogP contribution in [0.25, 0.3) is 0 Å². The van der Waals surface area contributed by atoms with E-state index >= 15 is 0 Å². The number of hydrogen-bond donors (Lipinski definition) is 1. The van der Waals surface area contributed by atoms with E-state index in [9.17, 15) is 4.79 Å². The maximum absolute atomic E-state index is 12.2. The van der Waals surface area contributed by atoms with Gasteiger partial charge in [0.15, 0.2) is 0 Å². The minimum atomic E-state index is 0.176. The molecule has 0 aromatic heterocycles. The SMILES string of the molecule is CN(CC1CCCN1C)C(=O)CCC(C)(C)CCN. The lowest BCUT2D eigenvalue weighted by Crippen LogP contribution is -2.39. The quantitative estimate of drug-likeness (QED) is 0.765. The third kappa shape index (κ3) is 5.49. The molecule has 1 heterocycles. The van der Waals surface area contributed by atoms with Crippen molar-refractivity contribution in [1.82, 2.24) is 9.80 Å². The van der Waals surface area contributed by atoms with Crippen molar-refractivity contribution >= 4 is 5.91 Å². The van der Waals surface area contributed by atoms with Gasteiger partial charge in [-0.25, -0.2) is 0 Å². The minimum Gasteiger partial charge on any atom is -0.344 e. The normalized spacial score (nSPS) is 20.8. The summed E-state index contributed by atoms with van der Waals surface area (Å²) in [4.78, 5) is 16.4. The van der Waals surface area contributed by atoms with Gasteiger partial charge < -0.3 is 15.5 Å². The largest absolute Gasteiger partial charge is 0.344 e.